The number of aromatic nitrogens is 1. The van der Waals surface area contributed by atoms with Gasteiger partial charge in [0, 0.05) is 6.07 Å². The molecule has 1 aromatic rings. The lowest BCUT2D eigenvalue weighted by Crippen LogP contribution is -3.00. The highest BCUT2D eigenvalue weighted by atomic mass is 35.5. The zero-order chi connectivity index (χ0) is 13.9. The van der Waals surface area contributed by atoms with Gasteiger partial charge in [-0.3, -0.25) is 4.79 Å². The molecule has 0 bridgehead atoms. The maximum Gasteiger partial charge on any atom is 0.254 e. The molecule has 1 amide bonds. The molecule has 0 spiro atoms. The Hall–Kier alpha value is -1.13. The lowest BCUT2D eigenvalue weighted by Gasteiger charge is -2.02. The number of hydrogen-bond acceptors (Lipinski definition) is 2. The van der Waals surface area contributed by atoms with Crippen LogP contribution in [0.5, 0.6) is 0 Å². The highest BCUT2D eigenvalue weighted by Crippen LogP contribution is 2.04. The van der Waals surface area contributed by atoms with Gasteiger partial charge in [-0.2, -0.15) is 4.57 Å². The van der Waals surface area contributed by atoms with Crippen LogP contribution >= 0.6 is 0 Å². The summed E-state index contributed by atoms with van der Waals surface area (Å²) in [6.07, 6.45) is 11.1. The molecule has 4 nitrogen and oxygen atoms in total. The molecule has 0 unspecified atom stereocenters. The summed E-state index contributed by atoms with van der Waals surface area (Å²) in [6.45, 7) is 3.45. The Morgan fingerprint density at radius 2 is 1.95 bits per heavy atom. The number of carbonyl (C=O) groups is 1. The summed E-state index contributed by atoms with van der Waals surface area (Å²) < 4.78 is 7.40. The molecule has 20 heavy (non-hydrogen) atoms. The molecule has 5 heteroatoms. The van der Waals surface area contributed by atoms with Gasteiger partial charge in [-0.25, -0.2) is 0 Å². The third kappa shape index (κ3) is 8.12. The van der Waals surface area contributed by atoms with Crippen molar-refractivity contribution >= 4 is 5.91 Å². The van der Waals surface area contributed by atoms with Crippen LogP contribution in [0.1, 0.15) is 55.8 Å². The Morgan fingerprint density at radius 1 is 1.25 bits per heavy atom. The second kappa shape index (κ2) is 11.7. The summed E-state index contributed by atoms with van der Waals surface area (Å²) in [5.74, 6) is -0.412. The van der Waals surface area contributed by atoms with Crippen molar-refractivity contribution in [2.75, 3.05) is 6.61 Å². The van der Waals surface area contributed by atoms with Gasteiger partial charge in [-0.15, -0.1) is 0 Å². The van der Waals surface area contributed by atoms with Gasteiger partial charge in [-0.1, -0.05) is 39.0 Å². The lowest BCUT2D eigenvalue weighted by molar-refractivity contribution is -0.732. The lowest BCUT2D eigenvalue weighted by atomic mass is 10.1. The number of amides is 1. The third-order valence-electron chi connectivity index (χ3n) is 3.03. The Kier molecular flexibility index (Phi) is 11.0. The van der Waals surface area contributed by atoms with E-state index in [9.17, 15) is 4.79 Å². The van der Waals surface area contributed by atoms with Crippen molar-refractivity contribution < 1.29 is 26.5 Å². The van der Waals surface area contributed by atoms with Crippen molar-refractivity contribution in [2.45, 2.75) is 52.2 Å². The van der Waals surface area contributed by atoms with E-state index in [1.807, 2.05) is 10.8 Å². The predicted octanol–water partition coefficient (Wildman–Crippen LogP) is -0.588. The van der Waals surface area contributed by atoms with Gasteiger partial charge in [0.1, 0.15) is 5.56 Å². The van der Waals surface area contributed by atoms with Crippen molar-refractivity contribution in [3.05, 3.63) is 30.1 Å². The van der Waals surface area contributed by atoms with Gasteiger partial charge in [0.25, 0.3) is 12.6 Å². The van der Waals surface area contributed by atoms with E-state index in [0.717, 1.165) is 13.0 Å². The number of rotatable bonds is 10. The summed E-state index contributed by atoms with van der Waals surface area (Å²) in [4.78, 5) is 11.0. The number of ether oxygens (including phenoxy) is 1. The van der Waals surface area contributed by atoms with Crippen LogP contribution in [0.3, 0.4) is 0 Å². The fourth-order valence-corrected chi connectivity index (χ4v) is 1.90. The number of carbonyl (C=O) groups excluding carboxylic acids is 1. The minimum atomic E-state index is -0.412. The Balaban J connectivity index is 0.00000361. The van der Waals surface area contributed by atoms with E-state index < -0.39 is 5.91 Å². The van der Waals surface area contributed by atoms with Crippen LogP contribution < -0.4 is 22.7 Å². The minimum absolute atomic E-state index is 0. The van der Waals surface area contributed by atoms with Crippen LogP contribution in [-0.2, 0) is 11.5 Å². The first-order valence-corrected chi connectivity index (χ1v) is 7.10. The molecule has 0 aliphatic rings. The van der Waals surface area contributed by atoms with E-state index in [1.165, 1.54) is 32.1 Å². The topological polar surface area (TPSA) is 56.2 Å². The van der Waals surface area contributed by atoms with E-state index in [1.54, 1.807) is 18.3 Å². The first-order chi connectivity index (χ1) is 9.24. The van der Waals surface area contributed by atoms with Gasteiger partial charge >= 0.3 is 0 Å². The van der Waals surface area contributed by atoms with E-state index in [4.69, 9.17) is 10.5 Å². The summed E-state index contributed by atoms with van der Waals surface area (Å²) in [5, 5.41) is 0. The fraction of sp³-hybridized carbons (Fsp3) is 0.600. The minimum Gasteiger partial charge on any atom is -1.00 e. The van der Waals surface area contributed by atoms with Crippen LogP contribution in [0, 0.1) is 0 Å². The molecule has 0 fully saturated rings. The SMILES string of the molecule is CCCCCCCCOC[n+]1cccc(C(N)=O)c1.[Cl-]. The van der Waals surface area contributed by atoms with E-state index in [0.29, 0.717) is 12.3 Å². The quantitative estimate of drug-likeness (QED) is 0.464. The number of primary amides is 1. The van der Waals surface area contributed by atoms with E-state index in [2.05, 4.69) is 6.92 Å². The zero-order valence-corrected chi connectivity index (χ0v) is 12.9. The molecule has 1 aromatic heterocycles. The smallest absolute Gasteiger partial charge is 0.254 e. The monoisotopic (exact) mass is 300 g/mol. The zero-order valence-electron chi connectivity index (χ0n) is 12.2. The van der Waals surface area contributed by atoms with Crippen molar-refractivity contribution in [3.63, 3.8) is 0 Å². The number of unbranched alkanes of at least 4 members (excludes halogenated alkanes) is 5. The summed E-state index contributed by atoms with van der Waals surface area (Å²) in [5.41, 5.74) is 5.73. The van der Waals surface area contributed by atoms with Gasteiger partial charge < -0.3 is 22.9 Å². The predicted molar refractivity (Wildman–Crippen MR) is 74.5 cm³/mol. The van der Waals surface area contributed by atoms with Crippen molar-refractivity contribution in [2.24, 2.45) is 5.73 Å². The molecular formula is C15H25ClN2O2. The second-order valence-electron chi connectivity index (χ2n) is 4.78. The van der Waals surface area contributed by atoms with Crippen molar-refractivity contribution in [1.82, 2.24) is 0 Å². The normalized spacial score (nSPS) is 10.1. The average molecular weight is 301 g/mol. The molecule has 1 heterocycles. The fourth-order valence-electron chi connectivity index (χ4n) is 1.90. The van der Waals surface area contributed by atoms with Crippen molar-refractivity contribution in [1.29, 1.82) is 0 Å². The molecule has 0 atom stereocenters. The van der Waals surface area contributed by atoms with Gasteiger partial charge in [-0.05, 0) is 12.5 Å². The van der Waals surface area contributed by atoms with Crippen LogP contribution in [0.15, 0.2) is 24.5 Å². The summed E-state index contributed by atoms with van der Waals surface area (Å²) in [6, 6.07) is 3.50. The molecule has 1 rings (SSSR count). The second-order valence-corrected chi connectivity index (χ2v) is 4.78. The molecule has 2 N–H and O–H groups in total. The molecule has 114 valence electrons. The molecule has 0 saturated carbocycles. The van der Waals surface area contributed by atoms with Crippen LogP contribution in [0.4, 0.5) is 0 Å². The Morgan fingerprint density at radius 3 is 2.65 bits per heavy atom. The molecule has 0 saturated heterocycles. The van der Waals surface area contributed by atoms with Crippen LogP contribution in [-0.4, -0.2) is 12.5 Å². The van der Waals surface area contributed by atoms with Gasteiger partial charge in [0.2, 0.25) is 0 Å². The number of nitrogens with two attached hydrogens (primary N) is 1. The van der Waals surface area contributed by atoms with Crippen LogP contribution in [0.25, 0.3) is 0 Å². The summed E-state index contributed by atoms with van der Waals surface area (Å²) >= 11 is 0. The first-order valence-electron chi connectivity index (χ1n) is 7.10. The molecule has 0 aliphatic carbocycles. The molecule has 0 aromatic carbocycles. The average Bonchev–Trinajstić information content (AvgIpc) is 2.42. The number of nitrogens with zero attached hydrogens (tertiary/aromatic N) is 1. The maximum atomic E-state index is 11.0. The van der Waals surface area contributed by atoms with Crippen molar-refractivity contribution in [3.8, 4) is 0 Å². The standard InChI is InChI=1S/C15H24N2O2.ClH/c1-2-3-4-5-6-7-11-19-13-17-10-8-9-14(12-17)15(16)18;/h8-10,12H,2-7,11,13H2,1H3,(H-,16,18);1H. The maximum absolute atomic E-state index is 11.0. The molecule has 0 aliphatic heterocycles. The molecule has 0 radical (unpaired) electrons. The van der Waals surface area contributed by atoms with Gasteiger partial charge in [0.15, 0.2) is 12.4 Å². The largest absolute Gasteiger partial charge is 1.00 e. The third-order valence-corrected chi connectivity index (χ3v) is 3.03. The highest BCUT2D eigenvalue weighted by molar-refractivity contribution is 5.92. The Bertz CT molecular complexity index is 386. The Labute approximate surface area is 127 Å². The van der Waals surface area contributed by atoms with E-state index in [-0.39, 0.29) is 12.4 Å². The summed E-state index contributed by atoms with van der Waals surface area (Å²) in [7, 11) is 0. The number of pyridine rings is 1. The number of halogens is 1. The molecular weight excluding hydrogens is 276 g/mol. The van der Waals surface area contributed by atoms with Crippen LogP contribution in [0.2, 0.25) is 0 Å². The number of hydrogen-bond donors (Lipinski definition) is 1. The first kappa shape index (κ1) is 18.9. The highest BCUT2D eigenvalue weighted by Gasteiger charge is 2.06. The van der Waals surface area contributed by atoms with Gasteiger partial charge in [0.05, 0.1) is 6.61 Å². The van der Waals surface area contributed by atoms with E-state index >= 15 is 0 Å².